The lowest BCUT2D eigenvalue weighted by molar-refractivity contribution is 0.0923. The highest BCUT2D eigenvalue weighted by Crippen LogP contribution is 2.18. The molecule has 2 aromatic rings. The number of fused-ring (bicyclic) bond motifs is 1. The summed E-state index contributed by atoms with van der Waals surface area (Å²) in [5, 5.41) is 3.68. The SMILES string of the molecule is CC(CCl)(CCl)NC(=O)c1ccnc2ccccc12. The van der Waals surface area contributed by atoms with Crippen molar-refractivity contribution in [1.29, 1.82) is 0 Å². The van der Waals surface area contributed by atoms with Crippen molar-refractivity contribution in [1.82, 2.24) is 10.3 Å². The van der Waals surface area contributed by atoms with Gasteiger partial charge in [-0.2, -0.15) is 0 Å². The van der Waals surface area contributed by atoms with Crippen molar-refractivity contribution in [3.63, 3.8) is 0 Å². The van der Waals surface area contributed by atoms with E-state index in [2.05, 4.69) is 10.3 Å². The number of carbonyl (C=O) groups excluding carboxylic acids is 1. The maximum absolute atomic E-state index is 12.3. The lowest BCUT2D eigenvalue weighted by Crippen LogP contribution is -2.49. The largest absolute Gasteiger partial charge is 0.344 e. The highest BCUT2D eigenvalue weighted by molar-refractivity contribution is 6.22. The molecule has 1 heterocycles. The molecule has 1 aromatic heterocycles. The Labute approximate surface area is 121 Å². The lowest BCUT2D eigenvalue weighted by atomic mass is 10.0. The Balaban J connectivity index is 2.37. The second-order valence-electron chi connectivity index (χ2n) is 4.66. The summed E-state index contributed by atoms with van der Waals surface area (Å²) < 4.78 is 0. The Morgan fingerprint density at radius 3 is 2.63 bits per heavy atom. The van der Waals surface area contributed by atoms with Crippen LogP contribution in [0.25, 0.3) is 10.9 Å². The number of nitrogens with zero attached hydrogens (tertiary/aromatic N) is 1. The van der Waals surface area contributed by atoms with E-state index in [0.717, 1.165) is 10.9 Å². The monoisotopic (exact) mass is 296 g/mol. The molecule has 0 fully saturated rings. The van der Waals surface area contributed by atoms with Gasteiger partial charge < -0.3 is 5.32 Å². The van der Waals surface area contributed by atoms with Gasteiger partial charge in [-0.25, -0.2) is 0 Å². The van der Waals surface area contributed by atoms with Crippen LogP contribution < -0.4 is 5.32 Å². The van der Waals surface area contributed by atoms with Gasteiger partial charge in [-0.15, -0.1) is 23.2 Å². The smallest absolute Gasteiger partial charge is 0.252 e. The fourth-order valence-corrected chi connectivity index (χ4v) is 2.16. The van der Waals surface area contributed by atoms with Gasteiger partial charge in [0.15, 0.2) is 0 Å². The Kier molecular flexibility index (Phi) is 4.27. The van der Waals surface area contributed by atoms with E-state index in [9.17, 15) is 4.79 Å². The molecule has 3 nitrogen and oxygen atoms in total. The van der Waals surface area contributed by atoms with E-state index in [1.165, 1.54) is 0 Å². The number of aromatic nitrogens is 1. The van der Waals surface area contributed by atoms with Crippen molar-refractivity contribution in [2.75, 3.05) is 11.8 Å². The molecule has 0 radical (unpaired) electrons. The molecule has 19 heavy (non-hydrogen) atoms. The minimum atomic E-state index is -0.620. The van der Waals surface area contributed by atoms with Crippen molar-refractivity contribution in [3.8, 4) is 0 Å². The van der Waals surface area contributed by atoms with Gasteiger partial charge in [-0.05, 0) is 19.1 Å². The summed E-state index contributed by atoms with van der Waals surface area (Å²) in [6.07, 6.45) is 1.62. The van der Waals surface area contributed by atoms with Gasteiger partial charge in [0.2, 0.25) is 0 Å². The van der Waals surface area contributed by atoms with Crippen LogP contribution in [-0.4, -0.2) is 28.2 Å². The quantitative estimate of drug-likeness (QED) is 0.881. The molecule has 2 rings (SSSR count). The molecule has 0 saturated carbocycles. The molecule has 1 amide bonds. The van der Waals surface area contributed by atoms with E-state index in [-0.39, 0.29) is 17.7 Å². The van der Waals surface area contributed by atoms with Gasteiger partial charge in [0, 0.05) is 23.3 Å². The lowest BCUT2D eigenvalue weighted by Gasteiger charge is -2.26. The molecule has 0 aliphatic rings. The first-order valence-electron chi connectivity index (χ1n) is 5.88. The van der Waals surface area contributed by atoms with Gasteiger partial charge in [0.1, 0.15) is 0 Å². The standard InChI is InChI=1S/C14H14Cl2N2O/c1-14(8-15,9-16)18-13(19)11-6-7-17-12-5-3-2-4-10(11)12/h2-7H,8-9H2,1H3,(H,18,19). The van der Waals surface area contributed by atoms with Crippen LogP contribution in [0.4, 0.5) is 0 Å². The maximum Gasteiger partial charge on any atom is 0.252 e. The zero-order valence-corrected chi connectivity index (χ0v) is 12.0. The van der Waals surface area contributed by atoms with Crippen molar-refractivity contribution < 1.29 is 4.79 Å². The number of halogens is 2. The molecule has 100 valence electrons. The second kappa shape index (κ2) is 5.76. The molecule has 0 atom stereocenters. The predicted octanol–water partition coefficient (Wildman–Crippen LogP) is 3.20. The minimum absolute atomic E-state index is 0.192. The molecule has 1 N–H and O–H groups in total. The zero-order chi connectivity index (χ0) is 13.9. The Morgan fingerprint density at radius 1 is 1.26 bits per heavy atom. The van der Waals surface area contributed by atoms with Crippen LogP contribution in [0.2, 0.25) is 0 Å². The Hall–Kier alpha value is -1.32. The number of rotatable bonds is 4. The molecule has 0 aliphatic heterocycles. The molecule has 0 aliphatic carbocycles. The predicted molar refractivity (Wildman–Crippen MR) is 79.1 cm³/mol. The van der Waals surface area contributed by atoms with E-state index in [0.29, 0.717) is 5.56 Å². The number of alkyl halides is 2. The zero-order valence-electron chi connectivity index (χ0n) is 10.5. The van der Waals surface area contributed by atoms with E-state index in [1.54, 1.807) is 12.3 Å². The van der Waals surface area contributed by atoms with Gasteiger partial charge in [0.25, 0.3) is 5.91 Å². The third-order valence-corrected chi connectivity index (χ3v) is 4.08. The van der Waals surface area contributed by atoms with E-state index >= 15 is 0 Å². The van der Waals surface area contributed by atoms with Gasteiger partial charge in [-0.3, -0.25) is 9.78 Å². The number of amides is 1. The van der Waals surface area contributed by atoms with Crippen LogP contribution in [0.5, 0.6) is 0 Å². The first-order chi connectivity index (χ1) is 9.09. The summed E-state index contributed by atoms with van der Waals surface area (Å²) in [5.74, 6) is 0.318. The van der Waals surface area contributed by atoms with Crippen LogP contribution >= 0.6 is 23.2 Å². The summed E-state index contributed by atoms with van der Waals surface area (Å²) in [6.45, 7) is 1.81. The molecule has 0 spiro atoms. The number of hydrogen-bond acceptors (Lipinski definition) is 2. The van der Waals surface area contributed by atoms with Crippen molar-refractivity contribution in [3.05, 3.63) is 42.1 Å². The van der Waals surface area contributed by atoms with E-state index < -0.39 is 5.54 Å². The average Bonchev–Trinajstić information content (AvgIpc) is 2.46. The van der Waals surface area contributed by atoms with Crippen LogP contribution in [0.1, 0.15) is 17.3 Å². The van der Waals surface area contributed by atoms with Crippen molar-refractivity contribution >= 4 is 40.0 Å². The number of pyridine rings is 1. The normalized spacial score (nSPS) is 11.5. The van der Waals surface area contributed by atoms with Gasteiger partial charge in [0.05, 0.1) is 16.6 Å². The fraction of sp³-hybridized carbons (Fsp3) is 0.286. The average molecular weight is 297 g/mol. The van der Waals surface area contributed by atoms with Crippen LogP contribution in [-0.2, 0) is 0 Å². The maximum atomic E-state index is 12.3. The molecular formula is C14H14Cl2N2O. The third-order valence-electron chi connectivity index (χ3n) is 2.90. The summed E-state index contributed by atoms with van der Waals surface area (Å²) in [4.78, 5) is 16.6. The summed E-state index contributed by atoms with van der Waals surface area (Å²) >= 11 is 11.7. The number of hydrogen-bond donors (Lipinski definition) is 1. The first kappa shape index (κ1) is 14.1. The molecule has 1 aromatic carbocycles. The van der Waals surface area contributed by atoms with Crippen LogP contribution in [0, 0.1) is 0 Å². The Bertz CT molecular complexity index is 592. The Morgan fingerprint density at radius 2 is 1.95 bits per heavy atom. The number of benzene rings is 1. The van der Waals surface area contributed by atoms with Crippen molar-refractivity contribution in [2.45, 2.75) is 12.5 Å². The van der Waals surface area contributed by atoms with Gasteiger partial charge >= 0.3 is 0 Å². The van der Waals surface area contributed by atoms with E-state index in [4.69, 9.17) is 23.2 Å². The fourth-order valence-electron chi connectivity index (χ4n) is 1.74. The highest BCUT2D eigenvalue weighted by atomic mass is 35.5. The molecule has 0 unspecified atom stereocenters. The molecule has 0 bridgehead atoms. The summed E-state index contributed by atoms with van der Waals surface area (Å²) in [6, 6.07) is 9.20. The topological polar surface area (TPSA) is 42.0 Å². The van der Waals surface area contributed by atoms with Crippen molar-refractivity contribution in [2.24, 2.45) is 0 Å². The molecule has 0 saturated heterocycles. The van der Waals surface area contributed by atoms with Gasteiger partial charge in [-0.1, -0.05) is 18.2 Å². The summed E-state index contributed by atoms with van der Waals surface area (Å²) in [7, 11) is 0. The second-order valence-corrected chi connectivity index (χ2v) is 5.19. The first-order valence-corrected chi connectivity index (χ1v) is 6.95. The van der Waals surface area contributed by atoms with Crippen LogP contribution in [0.3, 0.4) is 0 Å². The van der Waals surface area contributed by atoms with E-state index in [1.807, 2.05) is 31.2 Å². The molecule has 5 heteroatoms. The highest BCUT2D eigenvalue weighted by Gasteiger charge is 2.25. The number of para-hydroxylation sites is 1. The van der Waals surface area contributed by atoms with Crippen LogP contribution in [0.15, 0.2) is 36.5 Å². The number of nitrogens with one attached hydrogen (secondary N) is 1. The third kappa shape index (κ3) is 2.99. The minimum Gasteiger partial charge on any atom is -0.344 e. The summed E-state index contributed by atoms with van der Waals surface area (Å²) in [5.41, 5.74) is 0.741. The number of carbonyl (C=O) groups is 1. The molecular weight excluding hydrogens is 283 g/mol.